The molecular formula is C18H15ClN2O5. The summed E-state index contributed by atoms with van der Waals surface area (Å²) in [5.41, 5.74) is 1.22. The molecule has 1 aliphatic heterocycles. The summed E-state index contributed by atoms with van der Waals surface area (Å²) in [6.45, 7) is 0.262. The molecule has 2 atom stereocenters. The number of rotatable bonds is 4. The van der Waals surface area contributed by atoms with Crippen molar-refractivity contribution in [2.75, 3.05) is 18.6 Å². The van der Waals surface area contributed by atoms with Crippen LogP contribution in [-0.2, 0) is 14.3 Å². The van der Waals surface area contributed by atoms with Gasteiger partial charge in [-0.2, -0.15) is 0 Å². The lowest BCUT2D eigenvalue weighted by atomic mass is 9.89. The highest BCUT2D eigenvalue weighted by Crippen LogP contribution is 2.37. The van der Waals surface area contributed by atoms with Crippen LogP contribution in [0, 0.1) is 16.0 Å². The molecule has 0 spiro atoms. The van der Waals surface area contributed by atoms with E-state index in [9.17, 15) is 19.7 Å². The van der Waals surface area contributed by atoms with Crippen molar-refractivity contribution in [3.8, 4) is 0 Å². The van der Waals surface area contributed by atoms with Gasteiger partial charge in [-0.15, -0.1) is 0 Å². The SMILES string of the molecule is COC(=O)[C@@H]1C(=O)N(c2ccc([N+](=O)[O-])cc2)C[C@H]1c1ccc(Cl)cc1. The predicted molar refractivity (Wildman–Crippen MR) is 95.1 cm³/mol. The first-order valence-electron chi connectivity index (χ1n) is 7.81. The van der Waals surface area contributed by atoms with E-state index in [1.54, 1.807) is 24.3 Å². The fourth-order valence-electron chi connectivity index (χ4n) is 3.12. The number of anilines is 1. The number of methoxy groups -OCH3 is 1. The number of hydrogen-bond donors (Lipinski definition) is 0. The van der Waals surface area contributed by atoms with Crippen molar-refractivity contribution in [3.63, 3.8) is 0 Å². The number of amides is 1. The van der Waals surface area contributed by atoms with Crippen molar-refractivity contribution >= 4 is 34.9 Å². The smallest absolute Gasteiger partial charge is 0.318 e. The molecule has 26 heavy (non-hydrogen) atoms. The number of nitro benzene ring substituents is 1. The molecule has 0 N–H and O–H groups in total. The quantitative estimate of drug-likeness (QED) is 0.355. The Kier molecular flexibility index (Phi) is 4.90. The largest absolute Gasteiger partial charge is 0.468 e. The maximum Gasteiger partial charge on any atom is 0.318 e. The molecular weight excluding hydrogens is 360 g/mol. The number of nitro groups is 1. The summed E-state index contributed by atoms with van der Waals surface area (Å²) in [4.78, 5) is 36.8. The van der Waals surface area contributed by atoms with Gasteiger partial charge < -0.3 is 9.64 Å². The van der Waals surface area contributed by atoms with Gasteiger partial charge in [0.2, 0.25) is 5.91 Å². The van der Waals surface area contributed by atoms with Gasteiger partial charge in [0.15, 0.2) is 0 Å². The van der Waals surface area contributed by atoms with E-state index in [1.807, 2.05) is 0 Å². The number of nitrogens with zero attached hydrogens (tertiary/aromatic N) is 2. The Morgan fingerprint density at radius 3 is 2.35 bits per heavy atom. The zero-order valence-corrected chi connectivity index (χ0v) is 14.6. The van der Waals surface area contributed by atoms with E-state index in [-0.39, 0.29) is 12.2 Å². The highest BCUT2D eigenvalue weighted by molar-refractivity contribution is 6.30. The Hall–Kier alpha value is -2.93. The maximum atomic E-state index is 12.8. The summed E-state index contributed by atoms with van der Waals surface area (Å²) in [6, 6.07) is 12.6. The van der Waals surface area contributed by atoms with Crippen molar-refractivity contribution in [1.82, 2.24) is 0 Å². The third-order valence-corrected chi connectivity index (χ3v) is 4.69. The third-order valence-electron chi connectivity index (χ3n) is 4.44. The van der Waals surface area contributed by atoms with Gasteiger partial charge in [-0.25, -0.2) is 0 Å². The summed E-state index contributed by atoms with van der Waals surface area (Å²) in [6.07, 6.45) is 0. The van der Waals surface area contributed by atoms with Crippen molar-refractivity contribution in [3.05, 3.63) is 69.2 Å². The first-order valence-corrected chi connectivity index (χ1v) is 8.19. The minimum Gasteiger partial charge on any atom is -0.468 e. The highest BCUT2D eigenvalue weighted by atomic mass is 35.5. The summed E-state index contributed by atoms with van der Waals surface area (Å²) >= 11 is 5.91. The van der Waals surface area contributed by atoms with Crippen molar-refractivity contribution < 1.29 is 19.2 Å². The van der Waals surface area contributed by atoms with Gasteiger partial charge >= 0.3 is 5.97 Å². The second kappa shape index (κ2) is 7.13. The molecule has 1 fully saturated rings. The number of non-ortho nitro benzene ring substituents is 1. The van der Waals surface area contributed by atoms with Gasteiger partial charge in [0, 0.05) is 35.3 Å². The van der Waals surface area contributed by atoms with Gasteiger partial charge in [0.25, 0.3) is 5.69 Å². The maximum absolute atomic E-state index is 12.8. The van der Waals surface area contributed by atoms with Gasteiger partial charge in [-0.1, -0.05) is 23.7 Å². The van der Waals surface area contributed by atoms with Crippen LogP contribution >= 0.6 is 11.6 Å². The lowest BCUT2D eigenvalue weighted by Gasteiger charge is -2.16. The van der Waals surface area contributed by atoms with E-state index in [4.69, 9.17) is 16.3 Å². The van der Waals surface area contributed by atoms with Crippen LogP contribution in [0.1, 0.15) is 11.5 Å². The van der Waals surface area contributed by atoms with Crippen molar-refractivity contribution in [1.29, 1.82) is 0 Å². The molecule has 2 aromatic carbocycles. The second-order valence-electron chi connectivity index (χ2n) is 5.88. The molecule has 1 heterocycles. The summed E-state index contributed by atoms with van der Waals surface area (Å²) in [7, 11) is 1.24. The van der Waals surface area contributed by atoms with Crippen LogP contribution in [-0.4, -0.2) is 30.5 Å². The topological polar surface area (TPSA) is 89.8 Å². The molecule has 0 radical (unpaired) electrons. The zero-order chi connectivity index (χ0) is 18.8. The minimum atomic E-state index is -0.976. The summed E-state index contributed by atoms with van der Waals surface area (Å²) < 4.78 is 4.81. The fourth-order valence-corrected chi connectivity index (χ4v) is 3.24. The number of esters is 1. The second-order valence-corrected chi connectivity index (χ2v) is 6.32. The highest BCUT2D eigenvalue weighted by Gasteiger charge is 2.47. The molecule has 0 aromatic heterocycles. The number of benzene rings is 2. The van der Waals surface area contributed by atoms with E-state index in [0.29, 0.717) is 10.7 Å². The first kappa shape index (κ1) is 17.9. The van der Waals surface area contributed by atoms with Crippen LogP contribution in [0.4, 0.5) is 11.4 Å². The Bertz CT molecular complexity index is 851. The fraction of sp³-hybridized carbons (Fsp3) is 0.222. The predicted octanol–water partition coefficient (Wildman–Crippen LogP) is 3.17. The van der Waals surface area contributed by atoms with Crippen molar-refractivity contribution in [2.24, 2.45) is 5.92 Å². The molecule has 8 heteroatoms. The Morgan fingerprint density at radius 2 is 1.81 bits per heavy atom. The molecule has 1 aliphatic rings. The van der Waals surface area contributed by atoms with Crippen LogP contribution < -0.4 is 4.90 Å². The first-order chi connectivity index (χ1) is 12.4. The number of carbonyl (C=O) groups excluding carboxylic acids is 2. The van der Waals surface area contributed by atoms with E-state index in [2.05, 4.69) is 0 Å². The van der Waals surface area contributed by atoms with E-state index in [0.717, 1.165) is 5.56 Å². The zero-order valence-electron chi connectivity index (χ0n) is 13.8. The van der Waals surface area contributed by atoms with Gasteiger partial charge in [-0.3, -0.25) is 19.7 Å². The Balaban J connectivity index is 1.95. The molecule has 0 unspecified atom stereocenters. The molecule has 1 saturated heterocycles. The molecule has 0 bridgehead atoms. The molecule has 1 amide bonds. The number of hydrogen-bond acceptors (Lipinski definition) is 5. The minimum absolute atomic E-state index is 0.0702. The van der Waals surface area contributed by atoms with E-state index >= 15 is 0 Å². The number of ether oxygens (including phenoxy) is 1. The van der Waals surface area contributed by atoms with Gasteiger partial charge in [-0.05, 0) is 29.8 Å². The molecule has 134 valence electrons. The average Bonchev–Trinajstić information content (AvgIpc) is 2.99. The number of halogens is 1. The summed E-state index contributed by atoms with van der Waals surface area (Å²) in [5.74, 6) is -2.39. The van der Waals surface area contributed by atoms with Gasteiger partial charge in [0.05, 0.1) is 12.0 Å². The monoisotopic (exact) mass is 374 g/mol. The van der Waals surface area contributed by atoms with E-state index < -0.39 is 28.6 Å². The van der Waals surface area contributed by atoms with Crippen molar-refractivity contribution in [2.45, 2.75) is 5.92 Å². The summed E-state index contributed by atoms with van der Waals surface area (Å²) in [5, 5.41) is 11.4. The van der Waals surface area contributed by atoms with Crippen LogP contribution in [0.3, 0.4) is 0 Å². The Morgan fingerprint density at radius 1 is 1.19 bits per heavy atom. The lowest BCUT2D eigenvalue weighted by Crippen LogP contribution is -2.31. The third kappa shape index (κ3) is 3.25. The average molecular weight is 375 g/mol. The van der Waals surface area contributed by atoms with Crippen LogP contribution in [0.15, 0.2) is 48.5 Å². The standard InChI is InChI=1S/C18H15ClN2O5/c1-26-18(23)16-15(11-2-4-12(19)5-3-11)10-20(17(16)22)13-6-8-14(9-7-13)21(24)25/h2-9,15-16H,10H2,1H3/t15-,16-/m0/s1. The molecule has 2 aromatic rings. The molecule has 3 rings (SSSR count). The lowest BCUT2D eigenvalue weighted by molar-refractivity contribution is -0.384. The van der Waals surface area contributed by atoms with Crippen LogP contribution in [0.25, 0.3) is 0 Å². The molecule has 7 nitrogen and oxygen atoms in total. The van der Waals surface area contributed by atoms with E-state index in [1.165, 1.54) is 36.3 Å². The van der Waals surface area contributed by atoms with Crippen LogP contribution in [0.2, 0.25) is 5.02 Å². The molecule has 0 aliphatic carbocycles. The van der Waals surface area contributed by atoms with Gasteiger partial charge in [0.1, 0.15) is 5.92 Å². The number of carbonyl (C=O) groups is 2. The Labute approximate surface area is 154 Å². The molecule has 0 saturated carbocycles. The van der Waals surface area contributed by atoms with Crippen LogP contribution in [0.5, 0.6) is 0 Å². The normalized spacial score (nSPS) is 19.5.